The molecule has 0 aliphatic carbocycles. The first kappa shape index (κ1) is 20.2. The highest BCUT2D eigenvalue weighted by Gasteiger charge is 2.24. The number of nitrogens with one attached hydrogen (secondary N) is 2. The van der Waals surface area contributed by atoms with Crippen molar-refractivity contribution < 1.29 is 14.0 Å². The molecular weight excluding hydrogens is 378 g/mol. The van der Waals surface area contributed by atoms with E-state index in [1.165, 1.54) is 18.2 Å². The van der Waals surface area contributed by atoms with Crippen LogP contribution in [0.3, 0.4) is 0 Å². The van der Waals surface area contributed by atoms with E-state index in [1.807, 2.05) is 13.8 Å². The molecule has 0 saturated heterocycles. The number of benzene rings is 2. The molecule has 2 aromatic rings. The van der Waals surface area contributed by atoms with Gasteiger partial charge in [-0.3, -0.25) is 9.59 Å². The molecule has 2 N–H and O–H groups in total. The number of hydrogen-bond acceptors (Lipinski definition) is 2. The Labute approximate surface area is 161 Å². The minimum Gasteiger partial charge on any atom is -0.354 e. The Morgan fingerprint density at radius 1 is 1.08 bits per heavy atom. The summed E-state index contributed by atoms with van der Waals surface area (Å²) in [5.41, 5.74) is 0.151. The van der Waals surface area contributed by atoms with Gasteiger partial charge in [0.25, 0.3) is 5.91 Å². The summed E-state index contributed by atoms with van der Waals surface area (Å²) in [6.07, 6.45) is 0. The van der Waals surface area contributed by atoms with E-state index >= 15 is 0 Å². The number of halogens is 3. The van der Waals surface area contributed by atoms with Crippen molar-refractivity contribution in [1.82, 2.24) is 10.6 Å². The highest BCUT2D eigenvalue weighted by atomic mass is 35.5. The number of carbonyl (C=O) groups is 2. The van der Waals surface area contributed by atoms with Gasteiger partial charge in [-0.05, 0) is 29.8 Å². The van der Waals surface area contributed by atoms with Crippen LogP contribution in [0.1, 0.15) is 29.8 Å². The van der Waals surface area contributed by atoms with Crippen LogP contribution in [0.2, 0.25) is 10.0 Å². The zero-order valence-electron chi connectivity index (χ0n) is 14.4. The summed E-state index contributed by atoms with van der Waals surface area (Å²) in [5, 5.41) is 5.82. The summed E-state index contributed by atoms with van der Waals surface area (Å²) in [6.45, 7) is 3.67. The second-order valence-electron chi connectivity index (χ2n) is 6.45. The predicted octanol–water partition coefficient (Wildman–Crippen LogP) is 3.96. The average Bonchev–Trinajstić information content (AvgIpc) is 2.58. The molecule has 0 heterocycles. The lowest BCUT2D eigenvalue weighted by Gasteiger charge is -2.26. The highest BCUT2D eigenvalue weighted by Crippen LogP contribution is 2.24. The van der Waals surface area contributed by atoms with Crippen LogP contribution in [0.5, 0.6) is 0 Å². The zero-order valence-corrected chi connectivity index (χ0v) is 15.9. The highest BCUT2D eigenvalue weighted by molar-refractivity contribution is 6.36. The third-order valence-electron chi connectivity index (χ3n) is 3.92. The fraction of sp³-hybridized carbons (Fsp3) is 0.263. The van der Waals surface area contributed by atoms with Crippen LogP contribution in [0, 0.1) is 5.82 Å². The van der Waals surface area contributed by atoms with Crippen molar-refractivity contribution >= 4 is 35.0 Å². The summed E-state index contributed by atoms with van der Waals surface area (Å²) >= 11 is 11.7. The van der Waals surface area contributed by atoms with E-state index < -0.39 is 11.3 Å². The summed E-state index contributed by atoms with van der Waals surface area (Å²) in [6, 6.07) is 10.9. The van der Waals surface area contributed by atoms with Gasteiger partial charge in [-0.25, -0.2) is 4.39 Å². The van der Waals surface area contributed by atoms with E-state index in [2.05, 4.69) is 10.6 Å². The van der Waals surface area contributed by atoms with Crippen molar-refractivity contribution in [2.24, 2.45) is 0 Å². The first-order chi connectivity index (χ1) is 12.2. The van der Waals surface area contributed by atoms with E-state index in [0.717, 1.165) is 0 Å². The molecule has 2 rings (SSSR count). The maximum absolute atomic E-state index is 13.9. The average molecular weight is 397 g/mol. The van der Waals surface area contributed by atoms with Crippen LogP contribution in [-0.4, -0.2) is 24.9 Å². The summed E-state index contributed by atoms with van der Waals surface area (Å²) < 4.78 is 13.9. The van der Waals surface area contributed by atoms with Crippen LogP contribution in [0.25, 0.3) is 0 Å². The van der Waals surface area contributed by atoms with Gasteiger partial charge < -0.3 is 10.6 Å². The molecule has 0 unspecified atom stereocenters. The Bertz CT molecular complexity index is 825. The van der Waals surface area contributed by atoms with Crippen molar-refractivity contribution in [3.63, 3.8) is 0 Å². The van der Waals surface area contributed by atoms with E-state index in [0.29, 0.717) is 10.6 Å². The van der Waals surface area contributed by atoms with Gasteiger partial charge >= 0.3 is 0 Å². The van der Waals surface area contributed by atoms with Crippen LogP contribution < -0.4 is 10.6 Å². The van der Waals surface area contributed by atoms with Gasteiger partial charge in [0.05, 0.1) is 17.1 Å². The minimum absolute atomic E-state index is 0.205. The molecule has 0 aromatic heterocycles. The molecule has 7 heteroatoms. The molecule has 0 radical (unpaired) electrons. The van der Waals surface area contributed by atoms with Crippen LogP contribution >= 0.6 is 23.2 Å². The van der Waals surface area contributed by atoms with E-state index in [-0.39, 0.29) is 35.4 Å². The Kier molecular flexibility index (Phi) is 6.62. The maximum atomic E-state index is 13.9. The third kappa shape index (κ3) is 5.19. The minimum atomic E-state index is -0.593. The maximum Gasteiger partial charge on any atom is 0.253 e. The molecule has 26 heavy (non-hydrogen) atoms. The quantitative estimate of drug-likeness (QED) is 0.776. The van der Waals surface area contributed by atoms with Gasteiger partial charge in [0, 0.05) is 17.0 Å². The lowest BCUT2D eigenvalue weighted by molar-refractivity contribution is -0.120. The van der Waals surface area contributed by atoms with Gasteiger partial charge in [0.1, 0.15) is 5.82 Å². The van der Waals surface area contributed by atoms with Gasteiger partial charge in [0.15, 0.2) is 0 Å². The number of carbonyl (C=O) groups excluding carboxylic acids is 2. The first-order valence-corrected chi connectivity index (χ1v) is 8.71. The van der Waals surface area contributed by atoms with Gasteiger partial charge in [-0.2, -0.15) is 0 Å². The fourth-order valence-corrected chi connectivity index (χ4v) is 2.91. The van der Waals surface area contributed by atoms with E-state index in [4.69, 9.17) is 23.2 Å². The van der Waals surface area contributed by atoms with Gasteiger partial charge in [0.2, 0.25) is 5.91 Å². The van der Waals surface area contributed by atoms with Crippen LogP contribution in [0.4, 0.5) is 4.39 Å². The Morgan fingerprint density at radius 2 is 1.77 bits per heavy atom. The standard InChI is InChI=1S/C19H19Cl2FN2O2/c1-19(2,14-5-3-4-6-16(14)22)11-24-17(25)10-23-18(26)13-8-7-12(20)9-15(13)21/h3-9H,10-11H2,1-2H3,(H,23,26)(H,24,25). The smallest absolute Gasteiger partial charge is 0.253 e. The molecule has 0 bridgehead atoms. The number of hydrogen-bond donors (Lipinski definition) is 2. The molecule has 138 valence electrons. The number of rotatable bonds is 6. The largest absolute Gasteiger partial charge is 0.354 e. The molecular formula is C19H19Cl2FN2O2. The van der Waals surface area contributed by atoms with Gasteiger partial charge in [-0.15, -0.1) is 0 Å². The predicted molar refractivity (Wildman–Crippen MR) is 101 cm³/mol. The molecule has 0 spiro atoms. The molecule has 0 aliphatic heterocycles. The van der Waals surface area contributed by atoms with E-state index in [9.17, 15) is 14.0 Å². The molecule has 2 amide bonds. The first-order valence-electron chi connectivity index (χ1n) is 7.95. The normalized spacial score (nSPS) is 11.1. The lowest BCUT2D eigenvalue weighted by atomic mass is 9.84. The van der Waals surface area contributed by atoms with Crippen molar-refractivity contribution in [3.8, 4) is 0 Å². The van der Waals surface area contributed by atoms with Crippen molar-refractivity contribution in [2.45, 2.75) is 19.3 Å². The van der Waals surface area contributed by atoms with Crippen molar-refractivity contribution in [2.75, 3.05) is 13.1 Å². The van der Waals surface area contributed by atoms with E-state index in [1.54, 1.807) is 24.3 Å². The van der Waals surface area contributed by atoms with Crippen LogP contribution in [-0.2, 0) is 10.2 Å². The molecule has 0 aliphatic rings. The Hall–Kier alpha value is -2.11. The molecule has 2 aromatic carbocycles. The summed E-state index contributed by atoms with van der Waals surface area (Å²) in [5.74, 6) is -1.18. The van der Waals surface area contributed by atoms with Gasteiger partial charge in [-0.1, -0.05) is 55.2 Å². The number of amides is 2. The lowest BCUT2D eigenvalue weighted by Crippen LogP contribution is -2.42. The Balaban J connectivity index is 1.89. The zero-order chi connectivity index (χ0) is 19.3. The summed E-state index contributed by atoms with van der Waals surface area (Å²) in [4.78, 5) is 24.1. The van der Waals surface area contributed by atoms with Crippen molar-refractivity contribution in [3.05, 3.63) is 69.5 Å². The van der Waals surface area contributed by atoms with Crippen molar-refractivity contribution in [1.29, 1.82) is 0 Å². The second-order valence-corrected chi connectivity index (χ2v) is 7.29. The van der Waals surface area contributed by atoms with Crippen LogP contribution in [0.15, 0.2) is 42.5 Å². The second kappa shape index (κ2) is 8.52. The topological polar surface area (TPSA) is 58.2 Å². The SMILES string of the molecule is CC(C)(CNC(=O)CNC(=O)c1ccc(Cl)cc1Cl)c1ccccc1F. The fourth-order valence-electron chi connectivity index (χ4n) is 2.42. The third-order valence-corrected chi connectivity index (χ3v) is 4.46. The molecule has 0 fully saturated rings. The molecule has 0 atom stereocenters. The molecule has 4 nitrogen and oxygen atoms in total. The Morgan fingerprint density at radius 3 is 2.42 bits per heavy atom. The monoisotopic (exact) mass is 396 g/mol. The summed E-state index contributed by atoms with van der Waals surface area (Å²) in [7, 11) is 0. The molecule has 0 saturated carbocycles.